The zero-order chi connectivity index (χ0) is 33.3. The molecular weight excluding hydrogens is 606 g/mol. The monoisotopic (exact) mass is 645 g/mol. The molecular formula is C35H39N3O7S. The molecule has 0 aromatic heterocycles. The quantitative estimate of drug-likeness (QED) is 0.206. The van der Waals surface area contributed by atoms with Crippen molar-refractivity contribution in [1.82, 2.24) is 10.9 Å². The minimum absolute atomic E-state index is 0.0473. The summed E-state index contributed by atoms with van der Waals surface area (Å²) in [5.74, 6) is -3.29. The first-order valence-electron chi connectivity index (χ1n) is 15.3. The molecule has 4 rings (SSSR count). The predicted octanol–water partition coefficient (Wildman–Crippen LogP) is 4.69. The zero-order valence-electron chi connectivity index (χ0n) is 26.1. The summed E-state index contributed by atoms with van der Waals surface area (Å²) in [5, 5.41) is 11.0. The van der Waals surface area contributed by atoms with Crippen molar-refractivity contribution in [2.24, 2.45) is 0 Å². The highest BCUT2D eigenvalue weighted by atomic mass is 32.2. The lowest BCUT2D eigenvalue weighted by Gasteiger charge is -2.19. The van der Waals surface area contributed by atoms with Gasteiger partial charge >= 0.3 is 5.97 Å². The summed E-state index contributed by atoms with van der Waals surface area (Å²) >= 11 is 0. The Morgan fingerprint density at radius 2 is 1.72 bits per heavy atom. The molecule has 1 aliphatic rings. The van der Waals surface area contributed by atoms with Crippen LogP contribution in [0, 0.1) is 5.41 Å². The van der Waals surface area contributed by atoms with Gasteiger partial charge in [0.1, 0.15) is 0 Å². The molecule has 11 heteroatoms. The Labute approximate surface area is 269 Å². The number of ether oxygens (including phenoxy) is 1. The largest absolute Gasteiger partial charge is 0.466 e. The second kappa shape index (κ2) is 15.6. The van der Waals surface area contributed by atoms with Gasteiger partial charge in [-0.05, 0) is 64.8 Å². The van der Waals surface area contributed by atoms with E-state index in [1.807, 2.05) is 31.2 Å². The summed E-state index contributed by atoms with van der Waals surface area (Å²) in [4.78, 5) is 49.5. The Hall–Kier alpha value is -4.64. The van der Waals surface area contributed by atoms with Gasteiger partial charge in [0.2, 0.25) is 11.7 Å². The van der Waals surface area contributed by atoms with Crippen LogP contribution in [0.2, 0.25) is 0 Å². The van der Waals surface area contributed by atoms with Crippen molar-refractivity contribution in [3.63, 3.8) is 0 Å². The van der Waals surface area contributed by atoms with Gasteiger partial charge in [-0.15, -0.1) is 0 Å². The van der Waals surface area contributed by atoms with Crippen molar-refractivity contribution >= 4 is 49.9 Å². The van der Waals surface area contributed by atoms with Gasteiger partial charge in [0.15, 0.2) is 9.84 Å². The van der Waals surface area contributed by atoms with Gasteiger partial charge in [0, 0.05) is 30.1 Å². The number of sulfone groups is 1. The van der Waals surface area contributed by atoms with E-state index in [9.17, 15) is 27.6 Å². The van der Waals surface area contributed by atoms with Crippen molar-refractivity contribution in [3.05, 3.63) is 94.6 Å². The molecule has 1 heterocycles. The molecule has 3 N–H and O–H groups in total. The number of carbonyl (C=O) groups is 4. The highest BCUT2D eigenvalue weighted by Gasteiger charge is 2.25. The Balaban J connectivity index is 1.63. The van der Waals surface area contributed by atoms with Gasteiger partial charge in [-0.3, -0.25) is 25.2 Å². The number of hydrogen-bond acceptors (Lipinski definition) is 8. The molecule has 46 heavy (non-hydrogen) atoms. The molecule has 2 amide bonds. The fourth-order valence-corrected chi connectivity index (χ4v) is 7.05. The molecule has 1 aliphatic heterocycles. The number of hydrazine groups is 1. The third-order valence-electron chi connectivity index (χ3n) is 8.09. The topological polar surface area (TPSA) is 160 Å². The van der Waals surface area contributed by atoms with Gasteiger partial charge < -0.3 is 10.1 Å². The van der Waals surface area contributed by atoms with Crippen molar-refractivity contribution in [2.75, 3.05) is 12.9 Å². The van der Waals surface area contributed by atoms with Gasteiger partial charge in [-0.2, -0.15) is 0 Å². The number of Topliss-reactive ketones (excluding diaryl/α,β-unsaturated/α-hetero) is 1. The van der Waals surface area contributed by atoms with E-state index in [1.165, 1.54) is 13.2 Å². The molecule has 242 valence electrons. The fraction of sp³-hybridized carbons (Fsp3) is 0.343. The van der Waals surface area contributed by atoms with Crippen LogP contribution < -0.4 is 10.9 Å². The van der Waals surface area contributed by atoms with E-state index in [0.717, 1.165) is 59.7 Å². The summed E-state index contributed by atoms with van der Waals surface area (Å²) < 4.78 is 30.3. The number of benzene rings is 3. The molecule has 0 unspecified atom stereocenters. The number of fused-ring (bicyclic) bond motifs is 6. The van der Waals surface area contributed by atoms with Gasteiger partial charge in [-0.25, -0.2) is 13.2 Å². The van der Waals surface area contributed by atoms with Crippen LogP contribution in [-0.4, -0.2) is 50.6 Å². The van der Waals surface area contributed by atoms with Crippen LogP contribution in [0.15, 0.2) is 66.7 Å². The molecule has 3 aromatic carbocycles. The summed E-state index contributed by atoms with van der Waals surface area (Å²) in [6.07, 6.45) is 5.77. The summed E-state index contributed by atoms with van der Waals surface area (Å²) in [7, 11) is -2.27. The Bertz CT molecular complexity index is 1800. The molecule has 0 saturated carbocycles. The standard InChI is InChI=1S/C35H39N3O7S/c1-23-29-20-24(19-27-10-6-7-11-28(27)29)9-5-3-4-8-18-46(43,44)22-25-12-13-26(30(21-25)35(42)34(23)36)14-15-31(39)37-38-32(40)16-17-33(41)45-2/h6-7,10-13,16-17,19-21,23,36H,3-5,8-9,14-15,18,22H2,1-2H3,(H,37,39)(H,38,40)/b17-16+,36-34?/t23-/m1/s1. The fourth-order valence-electron chi connectivity index (χ4n) is 5.57. The average Bonchev–Trinajstić information content (AvgIpc) is 3.05. The molecule has 1 atom stereocenters. The van der Waals surface area contributed by atoms with E-state index in [2.05, 4.69) is 27.7 Å². The maximum absolute atomic E-state index is 14.0. The number of aryl methyl sites for hydroxylation is 2. The van der Waals surface area contributed by atoms with Crippen molar-refractivity contribution < 1.29 is 32.3 Å². The van der Waals surface area contributed by atoms with Crippen LogP contribution in [-0.2, 0) is 47.6 Å². The number of nitrogens with one attached hydrogen (secondary N) is 3. The minimum Gasteiger partial charge on any atom is -0.466 e. The number of amides is 2. The Morgan fingerprint density at radius 3 is 2.50 bits per heavy atom. The number of ketones is 1. The lowest BCUT2D eigenvalue weighted by molar-refractivity contribution is -0.135. The maximum Gasteiger partial charge on any atom is 0.330 e. The number of rotatable bonds is 5. The van der Waals surface area contributed by atoms with E-state index >= 15 is 0 Å². The second-order valence-electron chi connectivity index (χ2n) is 11.5. The summed E-state index contributed by atoms with van der Waals surface area (Å²) in [5.41, 5.74) is 7.37. The van der Waals surface area contributed by atoms with E-state index in [0.29, 0.717) is 17.5 Å². The Kier molecular flexibility index (Phi) is 11.6. The van der Waals surface area contributed by atoms with Crippen LogP contribution in [0.3, 0.4) is 0 Å². The van der Waals surface area contributed by atoms with Crippen molar-refractivity contribution in [2.45, 2.75) is 63.5 Å². The van der Waals surface area contributed by atoms with Crippen LogP contribution in [0.25, 0.3) is 10.8 Å². The van der Waals surface area contributed by atoms with Gasteiger partial charge in [0.25, 0.3) is 5.91 Å². The van der Waals surface area contributed by atoms with Gasteiger partial charge in [-0.1, -0.05) is 68.3 Å². The third kappa shape index (κ3) is 9.20. The lowest BCUT2D eigenvalue weighted by atomic mass is 9.85. The van der Waals surface area contributed by atoms with Crippen LogP contribution in [0.1, 0.15) is 77.6 Å². The van der Waals surface area contributed by atoms with E-state index in [-0.39, 0.29) is 35.6 Å². The first-order chi connectivity index (χ1) is 22.0. The van der Waals surface area contributed by atoms with Crippen LogP contribution >= 0.6 is 0 Å². The third-order valence-corrected chi connectivity index (χ3v) is 9.78. The molecule has 4 bridgehead atoms. The van der Waals surface area contributed by atoms with Crippen molar-refractivity contribution in [3.8, 4) is 0 Å². The van der Waals surface area contributed by atoms with Crippen LogP contribution in [0.4, 0.5) is 0 Å². The number of carbonyl (C=O) groups excluding carboxylic acids is 4. The lowest BCUT2D eigenvalue weighted by Crippen LogP contribution is -2.41. The number of methoxy groups -OCH3 is 1. The number of hydrogen-bond donors (Lipinski definition) is 3. The SMILES string of the molecule is COC(=O)/C=C/C(=O)NNC(=O)CCc1ccc2cc1C(=O)C(=N)[C@H](C)c1cc(cc3ccccc13)CCCCCCS(=O)(=O)C2. The normalized spacial score (nSPS) is 17.3. The molecule has 0 spiro atoms. The molecule has 3 aromatic rings. The smallest absolute Gasteiger partial charge is 0.330 e. The molecule has 0 fully saturated rings. The minimum atomic E-state index is -3.44. The van der Waals surface area contributed by atoms with E-state index in [4.69, 9.17) is 5.41 Å². The first-order valence-corrected chi connectivity index (χ1v) is 17.1. The average molecular weight is 646 g/mol. The van der Waals surface area contributed by atoms with Crippen molar-refractivity contribution in [1.29, 1.82) is 5.41 Å². The number of esters is 1. The first kappa shape index (κ1) is 34.2. The maximum atomic E-state index is 14.0. The molecule has 10 nitrogen and oxygen atoms in total. The molecule has 0 saturated heterocycles. The second-order valence-corrected chi connectivity index (χ2v) is 13.7. The highest BCUT2D eigenvalue weighted by Crippen LogP contribution is 2.31. The Morgan fingerprint density at radius 1 is 0.957 bits per heavy atom. The van der Waals surface area contributed by atoms with E-state index < -0.39 is 39.3 Å². The van der Waals surface area contributed by atoms with E-state index in [1.54, 1.807) is 12.1 Å². The molecule has 0 radical (unpaired) electrons. The summed E-state index contributed by atoms with van der Waals surface area (Å²) in [6.45, 7) is 1.83. The van der Waals surface area contributed by atoms with Gasteiger partial charge in [0.05, 0.1) is 24.3 Å². The highest BCUT2D eigenvalue weighted by molar-refractivity contribution is 7.90. The zero-order valence-corrected chi connectivity index (χ0v) is 26.9. The summed E-state index contributed by atoms with van der Waals surface area (Å²) in [6, 6.07) is 16.9. The van der Waals surface area contributed by atoms with Crippen LogP contribution in [0.5, 0.6) is 0 Å². The predicted molar refractivity (Wildman–Crippen MR) is 176 cm³/mol. The molecule has 0 aliphatic carbocycles.